The molecule has 1 amide bonds. The van der Waals surface area contributed by atoms with Crippen molar-refractivity contribution in [3.63, 3.8) is 0 Å². The number of fused-ring (bicyclic) bond motifs is 1. The molecule has 1 aliphatic rings. The maximum Gasteiger partial charge on any atom is 0.407 e. The molecule has 1 atom stereocenters. The lowest BCUT2D eigenvalue weighted by Crippen LogP contribution is -2.44. The fourth-order valence-corrected chi connectivity index (χ4v) is 4.40. The first-order valence-corrected chi connectivity index (χ1v) is 11.7. The number of rotatable bonds is 8. The monoisotopic (exact) mass is 449 g/mol. The third kappa shape index (κ3) is 5.76. The highest BCUT2D eigenvalue weighted by Gasteiger charge is 2.26. The Kier molecular flexibility index (Phi) is 7.21. The zero-order valence-corrected chi connectivity index (χ0v) is 19.1. The molecule has 32 heavy (non-hydrogen) atoms. The molecule has 2 heterocycles. The molecule has 0 radical (unpaired) electrons. The molecule has 3 aromatic rings. The van der Waals surface area contributed by atoms with E-state index in [4.69, 9.17) is 9.84 Å². The van der Waals surface area contributed by atoms with Crippen molar-refractivity contribution in [1.82, 2.24) is 20.2 Å². The largest absolute Gasteiger partial charge is 0.445 e. The summed E-state index contributed by atoms with van der Waals surface area (Å²) in [6.07, 6.45) is 0.976. The van der Waals surface area contributed by atoms with Gasteiger partial charge in [-0.05, 0) is 23.5 Å². The van der Waals surface area contributed by atoms with Gasteiger partial charge in [0.15, 0.2) is 5.82 Å². The van der Waals surface area contributed by atoms with Crippen LogP contribution in [0, 0.1) is 5.92 Å². The molecule has 0 unspecified atom stereocenters. The zero-order chi connectivity index (χ0) is 22.3. The maximum atomic E-state index is 12.5. The number of hydrogen-bond acceptors (Lipinski definition) is 6. The summed E-state index contributed by atoms with van der Waals surface area (Å²) in [5.41, 5.74) is 2.99. The second kappa shape index (κ2) is 10.5. The van der Waals surface area contributed by atoms with Gasteiger partial charge in [-0.3, -0.25) is 0 Å². The molecule has 1 N–H and O–H groups in total. The Hall–Kier alpha value is -3.13. The fraction of sp³-hybridized carbons (Fsp3) is 0.333. The predicted octanol–water partition coefficient (Wildman–Crippen LogP) is 4.52. The van der Waals surface area contributed by atoms with Gasteiger partial charge in [0, 0.05) is 12.2 Å². The van der Waals surface area contributed by atoms with Crippen molar-refractivity contribution in [1.29, 1.82) is 0 Å². The van der Waals surface area contributed by atoms with Gasteiger partial charge in [-0.25, -0.2) is 4.79 Å². The molecule has 0 spiro atoms. The van der Waals surface area contributed by atoms with E-state index in [1.54, 1.807) is 16.4 Å². The third-order valence-corrected chi connectivity index (χ3v) is 6.03. The first-order chi connectivity index (χ1) is 15.6. The van der Waals surface area contributed by atoms with Crippen molar-refractivity contribution < 1.29 is 9.53 Å². The van der Waals surface area contributed by atoms with Gasteiger partial charge < -0.3 is 10.1 Å². The minimum Gasteiger partial charge on any atom is -0.445 e. The van der Waals surface area contributed by atoms with Crippen LogP contribution in [0.15, 0.2) is 70.9 Å². The van der Waals surface area contributed by atoms with E-state index in [0.717, 1.165) is 34.2 Å². The summed E-state index contributed by atoms with van der Waals surface area (Å²) < 4.78 is 7.25. The second-order valence-electron chi connectivity index (χ2n) is 8.14. The average Bonchev–Trinajstić information content (AvgIpc) is 3.20. The Balaban J connectivity index is 1.48. The van der Waals surface area contributed by atoms with Crippen LogP contribution in [-0.2, 0) is 17.8 Å². The van der Waals surface area contributed by atoms with Crippen molar-refractivity contribution in [3.05, 3.63) is 77.6 Å². The molecule has 4 rings (SSSR count). The number of amides is 1. The highest BCUT2D eigenvalue weighted by Crippen LogP contribution is 2.25. The molecule has 2 aromatic carbocycles. The Morgan fingerprint density at radius 1 is 1.06 bits per heavy atom. The third-order valence-electron chi connectivity index (χ3n) is 5.07. The minimum absolute atomic E-state index is 0.217. The number of carbonyl (C=O) groups excluding carboxylic acids is 1. The van der Waals surface area contributed by atoms with Crippen molar-refractivity contribution >= 4 is 23.6 Å². The molecule has 0 fully saturated rings. The van der Waals surface area contributed by atoms with Crippen molar-refractivity contribution in [2.75, 3.05) is 5.75 Å². The minimum atomic E-state index is -0.439. The molecule has 0 saturated carbocycles. The number of ether oxygens (including phenoxy) is 1. The van der Waals surface area contributed by atoms with E-state index in [0.29, 0.717) is 18.1 Å². The lowest BCUT2D eigenvalue weighted by Gasteiger charge is -2.24. The number of alkyl carbamates (subject to hydrolysis) is 1. The Morgan fingerprint density at radius 3 is 2.44 bits per heavy atom. The number of nitrogens with zero attached hydrogens (tertiary/aromatic N) is 4. The second-order valence-corrected chi connectivity index (χ2v) is 9.08. The summed E-state index contributed by atoms with van der Waals surface area (Å²) in [6, 6.07) is 19.6. The summed E-state index contributed by atoms with van der Waals surface area (Å²) in [5, 5.41) is 17.3. The van der Waals surface area contributed by atoms with Crippen LogP contribution in [0.2, 0.25) is 0 Å². The van der Waals surface area contributed by atoms with E-state index in [9.17, 15) is 4.79 Å². The van der Waals surface area contributed by atoms with Crippen LogP contribution in [0.5, 0.6) is 0 Å². The Morgan fingerprint density at radius 2 is 1.75 bits per heavy atom. The lowest BCUT2D eigenvalue weighted by atomic mass is 10.0. The summed E-state index contributed by atoms with van der Waals surface area (Å²) in [7, 11) is 0. The van der Waals surface area contributed by atoms with Crippen LogP contribution in [0.25, 0.3) is 0 Å². The predicted molar refractivity (Wildman–Crippen MR) is 126 cm³/mol. The molecule has 0 aliphatic carbocycles. The quantitative estimate of drug-likeness (QED) is 0.547. The number of benzene rings is 2. The molecule has 166 valence electrons. The first-order valence-electron chi connectivity index (χ1n) is 10.7. The van der Waals surface area contributed by atoms with E-state index < -0.39 is 6.09 Å². The summed E-state index contributed by atoms with van der Waals surface area (Å²) in [5.74, 6) is 1.82. The molecule has 0 saturated heterocycles. The average molecular weight is 450 g/mol. The van der Waals surface area contributed by atoms with Gasteiger partial charge in [-0.2, -0.15) is 9.78 Å². The number of carbonyl (C=O) groups is 1. The SMILES string of the molecule is CC(C)C[C@H](NC(=O)OCc1ccccc1)C1=Nn2c(Cc3ccccc3)nnc2SC1. The van der Waals surface area contributed by atoms with E-state index >= 15 is 0 Å². The molecular formula is C24H27N5O2S. The molecular weight excluding hydrogens is 422 g/mol. The van der Waals surface area contributed by atoms with Crippen molar-refractivity contribution in [2.45, 2.75) is 44.5 Å². The van der Waals surface area contributed by atoms with E-state index in [1.165, 1.54) is 0 Å². The lowest BCUT2D eigenvalue weighted by molar-refractivity contribution is 0.137. The molecule has 1 aromatic heterocycles. The fourth-order valence-electron chi connectivity index (χ4n) is 3.50. The number of thioether (sulfide) groups is 1. The highest BCUT2D eigenvalue weighted by molar-refractivity contribution is 7.99. The smallest absolute Gasteiger partial charge is 0.407 e. The van der Waals surface area contributed by atoms with Crippen LogP contribution in [-0.4, -0.2) is 38.5 Å². The molecule has 7 nitrogen and oxygen atoms in total. The van der Waals surface area contributed by atoms with Crippen LogP contribution in [0.3, 0.4) is 0 Å². The summed E-state index contributed by atoms with van der Waals surface area (Å²) in [4.78, 5) is 12.5. The molecule has 0 bridgehead atoms. The van der Waals surface area contributed by atoms with Gasteiger partial charge in [0.25, 0.3) is 0 Å². The number of nitrogens with one attached hydrogen (secondary N) is 1. The standard InChI is InChI=1S/C24H27N5O2S/c1-17(2)13-20(25-24(30)31-15-19-11-7-4-8-12-19)21-16-32-23-27-26-22(29(23)28-21)14-18-9-5-3-6-10-18/h3-12,17,20H,13-16H2,1-2H3,(H,25,30)/t20-/m0/s1. The van der Waals surface area contributed by atoms with E-state index in [2.05, 4.69) is 41.5 Å². The van der Waals surface area contributed by atoms with E-state index in [1.807, 2.05) is 48.5 Å². The Bertz CT molecular complexity index is 1070. The van der Waals surface area contributed by atoms with Crippen LogP contribution in [0.4, 0.5) is 4.79 Å². The van der Waals surface area contributed by atoms with Crippen LogP contribution >= 0.6 is 11.8 Å². The van der Waals surface area contributed by atoms with Gasteiger partial charge >= 0.3 is 6.09 Å². The maximum absolute atomic E-state index is 12.5. The highest BCUT2D eigenvalue weighted by atomic mass is 32.2. The topological polar surface area (TPSA) is 81.4 Å². The van der Waals surface area contributed by atoms with Gasteiger partial charge in [0.1, 0.15) is 6.61 Å². The van der Waals surface area contributed by atoms with Gasteiger partial charge in [0.05, 0.1) is 11.8 Å². The normalized spacial score (nSPS) is 13.9. The molecule has 1 aliphatic heterocycles. The number of hydrogen-bond donors (Lipinski definition) is 1. The molecule has 8 heteroatoms. The van der Waals surface area contributed by atoms with Gasteiger partial charge in [0.2, 0.25) is 5.16 Å². The zero-order valence-electron chi connectivity index (χ0n) is 18.3. The van der Waals surface area contributed by atoms with Gasteiger partial charge in [-0.1, -0.05) is 86.3 Å². The Labute approximate surface area is 192 Å². The van der Waals surface area contributed by atoms with Crippen molar-refractivity contribution in [3.8, 4) is 0 Å². The first kappa shape index (κ1) is 22.1. The van der Waals surface area contributed by atoms with Crippen LogP contribution < -0.4 is 5.32 Å². The van der Waals surface area contributed by atoms with Crippen LogP contribution in [0.1, 0.15) is 37.2 Å². The summed E-state index contributed by atoms with van der Waals surface area (Å²) in [6.45, 7) is 4.50. The van der Waals surface area contributed by atoms with Gasteiger partial charge in [-0.15, -0.1) is 10.2 Å². The summed E-state index contributed by atoms with van der Waals surface area (Å²) >= 11 is 1.59. The van der Waals surface area contributed by atoms with Crippen molar-refractivity contribution in [2.24, 2.45) is 11.0 Å². The van der Waals surface area contributed by atoms with E-state index in [-0.39, 0.29) is 12.6 Å². The number of aromatic nitrogens is 3.